The van der Waals surface area contributed by atoms with E-state index in [-0.39, 0.29) is 18.1 Å². The summed E-state index contributed by atoms with van der Waals surface area (Å²) in [6, 6.07) is 8.65. The smallest absolute Gasteiger partial charge is 0.408 e. The maximum absolute atomic E-state index is 12.5. The van der Waals surface area contributed by atoms with E-state index in [1.807, 2.05) is 37.3 Å². The van der Waals surface area contributed by atoms with Crippen molar-refractivity contribution in [3.63, 3.8) is 0 Å². The summed E-state index contributed by atoms with van der Waals surface area (Å²) < 4.78 is 10.6. The van der Waals surface area contributed by atoms with Crippen molar-refractivity contribution in [1.29, 1.82) is 0 Å². The van der Waals surface area contributed by atoms with Gasteiger partial charge in [0, 0.05) is 12.0 Å². The largest absolute Gasteiger partial charge is 0.461 e. The molecule has 0 radical (unpaired) electrons. The van der Waals surface area contributed by atoms with Gasteiger partial charge in [0.1, 0.15) is 11.6 Å². The summed E-state index contributed by atoms with van der Waals surface area (Å²) in [4.78, 5) is 24.7. The van der Waals surface area contributed by atoms with Crippen LogP contribution in [0.15, 0.2) is 30.3 Å². The van der Waals surface area contributed by atoms with Crippen LogP contribution >= 0.6 is 0 Å². The molecule has 6 heteroatoms. The highest BCUT2D eigenvalue weighted by Crippen LogP contribution is 2.25. The van der Waals surface area contributed by atoms with E-state index in [0.717, 1.165) is 5.56 Å². The Morgan fingerprint density at radius 2 is 1.69 bits per heavy atom. The maximum Gasteiger partial charge on any atom is 0.408 e. The summed E-state index contributed by atoms with van der Waals surface area (Å²) >= 11 is 0. The SMILES string of the molecule is CC(C)OC(=O)[C@@H](C[C@H](c1ccccc1)[C@@H](C)N)NC(=O)OC(C)(C)C. The number of nitrogens with one attached hydrogen (secondary N) is 1. The Bertz CT molecular complexity index is 579. The molecule has 0 aliphatic carbocycles. The summed E-state index contributed by atoms with van der Waals surface area (Å²) in [5.41, 5.74) is 6.51. The highest BCUT2D eigenvalue weighted by molar-refractivity contribution is 5.81. The van der Waals surface area contributed by atoms with E-state index < -0.39 is 23.7 Å². The Hall–Kier alpha value is -2.08. The number of esters is 1. The van der Waals surface area contributed by atoms with E-state index in [0.29, 0.717) is 6.42 Å². The first-order chi connectivity index (χ1) is 12.0. The van der Waals surface area contributed by atoms with Gasteiger partial charge >= 0.3 is 12.1 Å². The van der Waals surface area contributed by atoms with Crippen LogP contribution in [0.4, 0.5) is 4.79 Å². The molecule has 6 nitrogen and oxygen atoms in total. The predicted octanol–water partition coefficient (Wildman–Crippen LogP) is 3.35. The molecule has 146 valence electrons. The summed E-state index contributed by atoms with van der Waals surface area (Å²) in [6.07, 6.45) is -0.609. The van der Waals surface area contributed by atoms with Gasteiger partial charge in [0.05, 0.1) is 6.10 Å². The second kappa shape index (κ2) is 9.57. The number of nitrogens with two attached hydrogens (primary N) is 1. The number of ether oxygens (including phenoxy) is 2. The normalized spacial score (nSPS) is 15.1. The van der Waals surface area contributed by atoms with E-state index in [1.165, 1.54) is 0 Å². The molecule has 0 aliphatic rings. The van der Waals surface area contributed by atoms with Crippen LogP contribution in [-0.4, -0.2) is 35.9 Å². The lowest BCUT2D eigenvalue weighted by atomic mass is 9.87. The van der Waals surface area contributed by atoms with Gasteiger partial charge in [-0.2, -0.15) is 0 Å². The van der Waals surface area contributed by atoms with Gasteiger partial charge in [-0.15, -0.1) is 0 Å². The van der Waals surface area contributed by atoms with Gasteiger partial charge in [-0.1, -0.05) is 30.3 Å². The van der Waals surface area contributed by atoms with Crippen molar-refractivity contribution in [2.75, 3.05) is 0 Å². The molecule has 0 saturated carbocycles. The van der Waals surface area contributed by atoms with Gasteiger partial charge in [0.2, 0.25) is 0 Å². The Labute approximate surface area is 156 Å². The van der Waals surface area contributed by atoms with Crippen LogP contribution in [0.5, 0.6) is 0 Å². The summed E-state index contributed by atoms with van der Waals surface area (Å²) in [5, 5.41) is 2.64. The molecule has 0 saturated heterocycles. The van der Waals surface area contributed by atoms with Gasteiger partial charge in [0.25, 0.3) is 0 Å². The molecule has 0 heterocycles. The summed E-state index contributed by atoms with van der Waals surface area (Å²) in [5.74, 6) is -0.608. The lowest BCUT2D eigenvalue weighted by Gasteiger charge is -2.28. The van der Waals surface area contributed by atoms with Crippen molar-refractivity contribution in [3.8, 4) is 0 Å². The fourth-order valence-electron chi connectivity index (χ4n) is 2.59. The third-order valence-corrected chi connectivity index (χ3v) is 3.68. The number of carbonyl (C=O) groups excluding carboxylic acids is 2. The second-order valence-corrected chi connectivity index (χ2v) is 7.80. The lowest BCUT2D eigenvalue weighted by Crippen LogP contribution is -2.46. The molecule has 0 unspecified atom stereocenters. The molecule has 0 bridgehead atoms. The number of carbonyl (C=O) groups is 2. The molecule has 1 aromatic carbocycles. The fraction of sp³-hybridized carbons (Fsp3) is 0.600. The van der Waals surface area contributed by atoms with Crippen molar-refractivity contribution in [2.45, 2.75) is 77.7 Å². The zero-order chi connectivity index (χ0) is 19.9. The molecule has 0 fully saturated rings. The van der Waals surface area contributed by atoms with E-state index >= 15 is 0 Å². The Kier molecular flexibility index (Phi) is 8.08. The molecule has 0 spiro atoms. The monoisotopic (exact) mass is 364 g/mol. The molecule has 0 aromatic heterocycles. The minimum atomic E-state index is -0.844. The predicted molar refractivity (Wildman–Crippen MR) is 102 cm³/mol. The third kappa shape index (κ3) is 7.87. The zero-order valence-corrected chi connectivity index (χ0v) is 16.6. The zero-order valence-electron chi connectivity index (χ0n) is 16.6. The fourth-order valence-corrected chi connectivity index (χ4v) is 2.59. The van der Waals surface area contributed by atoms with Gasteiger partial charge in [-0.25, -0.2) is 9.59 Å². The minimum Gasteiger partial charge on any atom is -0.461 e. The van der Waals surface area contributed by atoms with Crippen molar-refractivity contribution in [2.24, 2.45) is 5.73 Å². The minimum absolute atomic E-state index is 0.115. The van der Waals surface area contributed by atoms with Crippen molar-refractivity contribution in [3.05, 3.63) is 35.9 Å². The van der Waals surface area contributed by atoms with Crippen molar-refractivity contribution in [1.82, 2.24) is 5.32 Å². The first-order valence-electron chi connectivity index (χ1n) is 9.00. The van der Waals surface area contributed by atoms with Crippen LogP contribution in [0.2, 0.25) is 0 Å². The van der Waals surface area contributed by atoms with Crippen LogP contribution in [0.3, 0.4) is 0 Å². The van der Waals surface area contributed by atoms with Crippen molar-refractivity contribution < 1.29 is 19.1 Å². The topological polar surface area (TPSA) is 90.6 Å². The standard InChI is InChI=1S/C20H32N2O4/c1-13(2)25-18(23)17(22-19(24)26-20(4,5)6)12-16(14(3)21)15-10-8-7-9-11-15/h7-11,13-14,16-17H,12,21H2,1-6H3,(H,22,24)/t14-,16+,17-/m1/s1. The average molecular weight is 364 g/mol. The van der Waals surface area contributed by atoms with Gasteiger partial charge < -0.3 is 20.5 Å². The summed E-state index contributed by atoms with van der Waals surface area (Å²) in [7, 11) is 0. The number of amides is 1. The number of alkyl carbamates (subject to hydrolysis) is 1. The molecule has 0 aliphatic heterocycles. The number of hydrogen-bond acceptors (Lipinski definition) is 5. The molecular formula is C20H32N2O4. The molecule has 3 atom stereocenters. The van der Waals surface area contributed by atoms with Crippen LogP contribution in [0.1, 0.15) is 59.4 Å². The Morgan fingerprint density at radius 3 is 2.15 bits per heavy atom. The lowest BCUT2D eigenvalue weighted by molar-refractivity contribution is -0.150. The van der Waals surface area contributed by atoms with Gasteiger partial charge in [0.15, 0.2) is 0 Å². The first-order valence-corrected chi connectivity index (χ1v) is 9.00. The molecule has 26 heavy (non-hydrogen) atoms. The molecule has 1 aromatic rings. The third-order valence-electron chi connectivity index (χ3n) is 3.68. The highest BCUT2D eigenvalue weighted by Gasteiger charge is 2.30. The average Bonchev–Trinajstić information content (AvgIpc) is 2.49. The van der Waals surface area contributed by atoms with Crippen LogP contribution in [0, 0.1) is 0 Å². The van der Waals surface area contributed by atoms with E-state index in [4.69, 9.17) is 15.2 Å². The van der Waals surface area contributed by atoms with E-state index in [9.17, 15) is 9.59 Å². The second-order valence-electron chi connectivity index (χ2n) is 7.80. The number of benzene rings is 1. The molecule has 1 amide bonds. The van der Waals surface area contributed by atoms with Crippen LogP contribution in [0.25, 0.3) is 0 Å². The van der Waals surface area contributed by atoms with Crippen LogP contribution < -0.4 is 11.1 Å². The molecule has 3 N–H and O–H groups in total. The number of hydrogen-bond donors (Lipinski definition) is 2. The van der Waals surface area contributed by atoms with Crippen molar-refractivity contribution >= 4 is 12.1 Å². The molecule has 1 rings (SSSR count). The van der Waals surface area contributed by atoms with E-state index in [2.05, 4.69) is 5.32 Å². The molecular weight excluding hydrogens is 332 g/mol. The van der Waals surface area contributed by atoms with E-state index in [1.54, 1.807) is 34.6 Å². The Balaban J connectivity index is 2.98. The quantitative estimate of drug-likeness (QED) is 0.724. The highest BCUT2D eigenvalue weighted by atomic mass is 16.6. The first kappa shape index (κ1) is 22.0. The van der Waals surface area contributed by atoms with Gasteiger partial charge in [-0.3, -0.25) is 0 Å². The maximum atomic E-state index is 12.5. The van der Waals surface area contributed by atoms with Crippen LogP contribution in [-0.2, 0) is 14.3 Å². The Morgan fingerprint density at radius 1 is 1.12 bits per heavy atom. The summed E-state index contributed by atoms with van der Waals surface area (Å²) in [6.45, 7) is 10.7. The van der Waals surface area contributed by atoms with Gasteiger partial charge in [-0.05, 0) is 53.5 Å². The number of rotatable bonds is 7.